The molecule has 162 valence electrons. The van der Waals surface area contributed by atoms with Crippen LogP contribution in [0.15, 0.2) is 60.7 Å². The Morgan fingerprint density at radius 2 is 1.60 bits per heavy atom. The number of hydrogen-bond acceptors (Lipinski definition) is 4. The van der Waals surface area contributed by atoms with Crippen LogP contribution in [-0.2, 0) is 27.4 Å². The molecule has 0 aliphatic rings. The minimum Gasteiger partial charge on any atom is -0.459 e. The van der Waals surface area contributed by atoms with Crippen LogP contribution in [0.25, 0.3) is 0 Å². The summed E-state index contributed by atoms with van der Waals surface area (Å²) < 4.78 is 5.51. The summed E-state index contributed by atoms with van der Waals surface area (Å²) in [7, 11) is 0. The van der Waals surface area contributed by atoms with Gasteiger partial charge in [-0.15, -0.1) is 0 Å². The summed E-state index contributed by atoms with van der Waals surface area (Å²) >= 11 is 1.75. The highest BCUT2D eigenvalue weighted by Crippen LogP contribution is 2.16. The van der Waals surface area contributed by atoms with E-state index >= 15 is 0 Å². The Morgan fingerprint density at radius 1 is 0.967 bits per heavy atom. The summed E-state index contributed by atoms with van der Waals surface area (Å²) in [6.07, 6.45) is 3.07. The van der Waals surface area contributed by atoms with E-state index in [0.717, 1.165) is 35.5 Å². The van der Waals surface area contributed by atoms with E-state index in [0.29, 0.717) is 12.8 Å². The first-order chi connectivity index (χ1) is 14.6. The minimum absolute atomic E-state index is 0.0717. The summed E-state index contributed by atoms with van der Waals surface area (Å²) in [5.41, 5.74) is 2.07. The van der Waals surface area contributed by atoms with Crippen LogP contribution in [0.2, 0.25) is 0 Å². The summed E-state index contributed by atoms with van der Waals surface area (Å²) in [5, 5.41) is 2.99. The molecule has 5 heteroatoms. The van der Waals surface area contributed by atoms with Crippen LogP contribution in [0.3, 0.4) is 0 Å². The van der Waals surface area contributed by atoms with Gasteiger partial charge < -0.3 is 10.1 Å². The number of hydrogen-bond donors (Lipinski definition) is 1. The number of unbranched alkanes of at least 4 members (excludes halogenated alkanes) is 1. The van der Waals surface area contributed by atoms with Crippen molar-refractivity contribution in [3.05, 3.63) is 71.8 Å². The molecular weight excluding hydrogens is 394 g/mol. The maximum atomic E-state index is 13.1. The molecule has 2 rings (SSSR count). The maximum Gasteiger partial charge on any atom is 0.328 e. The van der Waals surface area contributed by atoms with Crippen LogP contribution < -0.4 is 5.32 Å². The Bertz CT molecular complexity index is 752. The summed E-state index contributed by atoms with van der Waals surface area (Å²) in [6.45, 7) is 4.38. The zero-order valence-corrected chi connectivity index (χ0v) is 18.8. The van der Waals surface area contributed by atoms with Crippen LogP contribution in [0.5, 0.6) is 0 Å². The lowest BCUT2D eigenvalue weighted by Gasteiger charge is -2.22. The molecule has 0 saturated carbocycles. The molecule has 0 aliphatic heterocycles. The zero-order valence-electron chi connectivity index (χ0n) is 18.0. The molecule has 1 amide bonds. The second kappa shape index (κ2) is 13.9. The third kappa shape index (κ3) is 8.62. The van der Waals surface area contributed by atoms with Crippen molar-refractivity contribution in [2.24, 2.45) is 5.92 Å². The third-order valence-electron chi connectivity index (χ3n) is 4.89. The second-order valence-electron chi connectivity index (χ2n) is 7.34. The molecule has 0 bridgehead atoms. The molecule has 0 radical (unpaired) electrons. The first-order valence-electron chi connectivity index (χ1n) is 10.8. The molecule has 0 aliphatic carbocycles. The van der Waals surface area contributed by atoms with E-state index < -0.39 is 6.04 Å². The molecule has 0 aromatic heterocycles. The lowest BCUT2D eigenvalue weighted by atomic mass is 9.99. The van der Waals surface area contributed by atoms with E-state index in [9.17, 15) is 9.59 Å². The van der Waals surface area contributed by atoms with Gasteiger partial charge >= 0.3 is 5.97 Å². The predicted molar refractivity (Wildman–Crippen MR) is 124 cm³/mol. The highest BCUT2D eigenvalue weighted by atomic mass is 32.2. The standard InChI is InChI=1S/C25H33NO3S/c1-3-5-16-23(25(28)29-18-21-14-10-7-11-15-21)26-24(27)22(19-30-4-2)17-20-12-8-6-9-13-20/h6-15,22-23H,3-5,16-19H2,1-2H3,(H,26,27)/t22?,23-/m0/s1. The van der Waals surface area contributed by atoms with Crippen molar-refractivity contribution in [3.8, 4) is 0 Å². The van der Waals surface area contributed by atoms with Crippen molar-refractivity contribution < 1.29 is 14.3 Å². The fourth-order valence-corrected chi connectivity index (χ4v) is 3.95. The van der Waals surface area contributed by atoms with Gasteiger partial charge in [0.05, 0.1) is 5.92 Å². The van der Waals surface area contributed by atoms with Gasteiger partial charge in [-0.25, -0.2) is 4.79 Å². The molecule has 4 nitrogen and oxygen atoms in total. The van der Waals surface area contributed by atoms with Crippen molar-refractivity contribution in [2.45, 2.75) is 52.2 Å². The van der Waals surface area contributed by atoms with Crippen LogP contribution in [0, 0.1) is 5.92 Å². The average Bonchev–Trinajstić information content (AvgIpc) is 2.79. The lowest BCUT2D eigenvalue weighted by molar-refractivity contribution is -0.149. The molecule has 0 spiro atoms. The van der Waals surface area contributed by atoms with E-state index in [2.05, 4.69) is 19.2 Å². The van der Waals surface area contributed by atoms with Gasteiger partial charge in [-0.3, -0.25) is 4.79 Å². The molecule has 2 atom stereocenters. The van der Waals surface area contributed by atoms with Gasteiger partial charge in [0.1, 0.15) is 12.6 Å². The molecular formula is C25H33NO3S. The number of ether oxygens (including phenoxy) is 1. The van der Waals surface area contributed by atoms with Gasteiger partial charge in [-0.1, -0.05) is 87.4 Å². The van der Waals surface area contributed by atoms with Crippen molar-refractivity contribution in [2.75, 3.05) is 11.5 Å². The van der Waals surface area contributed by atoms with Gasteiger partial charge in [0.15, 0.2) is 0 Å². The Morgan fingerprint density at radius 3 is 2.20 bits per heavy atom. The number of benzene rings is 2. The second-order valence-corrected chi connectivity index (χ2v) is 8.66. The number of carbonyl (C=O) groups is 2. The van der Waals surface area contributed by atoms with Gasteiger partial charge in [-0.2, -0.15) is 11.8 Å². The summed E-state index contributed by atoms with van der Waals surface area (Å²) in [5.74, 6) is 1.08. The van der Waals surface area contributed by atoms with E-state index in [1.807, 2.05) is 60.7 Å². The average molecular weight is 428 g/mol. The van der Waals surface area contributed by atoms with Gasteiger partial charge in [0, 0.05) is 5.75 Å². The van der Waals surface area contributed by atoms with Crippen molar-refractivity contribution in [3.63, 3.8) is 0 Å². The number of carbonyl (C=O) groups excluding carboxylic acids is 2. The fourth-order valence-electron chi connectivity index (χ4n) is 3.16. The van der Waals surface area contributed by atoms with E-state index in [4.69, 9.17) is 4.74 Å². The van der Waals surface area contributed by atoms with Gasteiger partial charge in [0.2, 0.25) is 5.91 Å². The summed E-state index contributed by atoms with van der Waals surface area (Å²) in [6, 6.07) is 19.0. The normalized spacial score (nSPS) is 12.7. The molecule has 1 unspecified atom stereocenters. The minimum atomic E-state index is -0.605. The molecule has 2 aromatic carbocycles. The molecule has 0 heterocycles. The highest BCUT2D eigenvalue weighted by Gasteiger charge is 2.26. The van der Waals surface area contributed by atoms with Crippen molar-refractivity contribution in [1.29, 1.82) is 0 Å². The van der Waals surface area contributed by atoms with E-state index in [1.165, 1.54) is 0 Å². The topological polar surface area (TPSA) is 55.4 Å². The first kappa shape index (κ1) is 24.0. The maximum absolute atomic E-state index is 13.1. The van der Waals surface area contributed by atoms with Gasteiger partial charge in [0.25, 0.3) is 0 Å². The van der Waals surface area contributed by atoms with Crippen LogP contribution in [0.1, 0.15) is 44.2 Å². The molecule has 0 fully saturated rings. The smallest absolute Gasteiger partial charge is 0.328 e. The van der Waals surface area contributed by atoms with Crippen LogP contribution in [-0.4, -0.2) is 29.4 Å². The fraction of sp³-hybridized carbons (Fsp3) is 0.440. The van der Waals surface area contributed by atoms with Crippen LogP contribution >= 0.6 is 11.8 Å². The highest BCUT2D eigenvalue weighted by molar-refractivity contribution is 7.99. The lowest BCUT2D eigenvalue weighted by Crippen LogP contribution is -2.45. The molecule has 30 heavy (non-hydrogen) atoms. The Hall–Kier alpha value is -2.27. The zero-order chi connectivity index (χ0) is 21.6. The van der Waals surface area contributed by atoms with Crippen molar-refractivity contribution in [1.82, 2.24) is 5.32 Å². The van der Waals surface area contributed by atoms with Crippen molar-refractivity contribution >= 4 is 23.6 Å². The predicted octanol–water partition coefficient (Wildman–Crippen LogP) is 5.02. The molecule has 0 saturated heterocycles. The number of esters is 1. The number of amides is 1. The Balaban J connectivity index is 2.01. The Labute approximate surface area is 184 Å². The number of nitrogens with one attached hydrogen (secondary N) is 1. The Kier molecular flexibility index (Phi) is 11.1. The molecule has 2 aromatic rings. The monoisotopic (exact) mass is 427 g/mol. The number of thioether (sulfide) groups is 1. The molecule has 1 N–H and O–H groups in total. The SMILES string of the molecule is CCCC[C@H](NC(=O)C(CSCC)Cc1ccccc1)C(=O)OCc1ccccc1. The van der Waals surface area contributed by atoms with E-state index in [1.54, 1.807) is 11.8 Å². The van der Waals surface area contributed by atoms with Crippen LogP contribution in [0.4, 0.5) is 0 Å². The summed E-state index contributed by atoms with van der Waals surface area (Å²) in [4.78, 5) is 25.8. The third-order valence-corrected chi connectivity index (χ3v) is 5.94. The first-order valence-corrected chi connectivity index (χ1v) is 11.9. The largest absolute Gasteiger partial charge is 0.459 e. The number of rotatable bonds is 13. The quantitative estimate of drug-likeness (QED) is 0.456. The van der Waals surface area contributed by atoms with Gasteiger partial charge in [-0.05, 0) is 29.7 Å². The van der Waals surface area contributed by atoms with E-state index in [-0.39, 0.29) is 24.4 Å².